The van der Waals surface area contributed by atoms with Gasteiger partial charge in [-0.05, 0) is 11.4 Å². The summed E-state index contributed by atoms with van der Waals surface area (Å²) in [5.74, 6) is 0.440. The molecule has 2 heterocycles. The van der Waals surface area contributed by atoms with Gasteiger partial charge >= 0.3 is 6.03 Å². The summed E-state index contributed by atoms with van der Waals surface area (Å²) < 4.78 is 0. The quantitative estimate of drug-likeness (QED) is 0.570. The van der Waals surface area contributed by atoms with Crippen molar-refractivity contribution in [3.63, 3.8) is 0 Å². The number of hydrogen-bond acceptors (Lipinski definition) is 7. The summed E-state index contributed by atoms with van der Waals surface area (Å²) in [6, 6.07) is 1.01. The van der Waals surface area contributed by atoms with E-state index in [0.29, 0.717) is 16.7 Å². The maximum atomic E-state index is 11.2. The Bertz CT molecular complexity index is 627. The van der Waals surface area contributed by atoms with Crippen molar-refractivity contribution in [2.75, 3.05) is 11.5 Å². The van der Waals surface area contributed by atoms with Gasteiger partial charge in [-0.3, -0.25) is 10.1 Å². The topological polar surface area (TPSA) is 124 Å². The van der Waals surface area contributed by atoms with E-state index in [0.717, 1.165) is 10.2 Å². The van der Waals surface area contributed by atoms with E-state index in [1.165, 1.54) is 23.1 Å². The highest BCUT2D eigenvalue weighted by atomic mass is 32.2. The number of nitrogen functional groups attached to an aromatic ring is 1. The van der Waals surface area contributed by atoms with Crippen LogP contribution in [0.3, 0.4) is 0 Å². The van der Waals surface area contributed by atoms with Gasteiger partial charge in [0.05, 0.1) is 5.39 Å². The zero-order valence-corrected chi connectivity index (χ0v) is 11.4. The number of nitrogens with two attached hydrogens (primary N) is 2. The van der Waals surface area contributed by atoms with Crippen molar-refractivity contribution in [2.24, 2.45) is 5.73 Å². The van der Waals surface area contributed by atoms with E-state index in [-0.39, 0.29) is 6.42 Å². The molecular formula is C10H11N5O2S2. The Morgan fingerprint density at radius 2 is 2.21 bits per heavy atom. The normalized spacial score (nSPS) is 10.5. The molecule has 0 aliphatic rings. The minimum absolute atomic E-state index is 0.152. The van der Waals surface area contributed by atoms with Crippen LogP contribution in [0.5, 0.6) is 0 Å². The number of urea groups is 1. The highest BCUT2D eigenvalue weighted by molar-refractivity contribution is 7.99. The molecule has 0 aromatic carbocycles. The number of carbonyl (C=O) groups is 2. The first-order valence-corrected chi connectivity index (χ1v) is 7.15. The second-order valence-corrected chi connectivity index (χ2v) is 5.50. The number of fused-ring (bicyclic) bond motifs is 1. The predicted octanol–water partition coefficient (Wildman–Crippen LogP) is 0.951. The van der Waals surface area contributed by atoms with Crippen molar-refractivity contribution in [2.45, 2.75) is 11.6 Å². The van der Waals surface area contributed by atoms with Crippen LogP contribution in [0.4, 0.5) is 10.6 Å². The van der Waals surface area contributed by atoms with Gasteiger partial charge in [0.2, 0.25) is 5.91 Å². The molecule has 0 bridgehead atoms. The summed E-state index contributed by atoms with van der Waals surface area (Å²) in [5, 5.41) is 5.23. The zero-order valence-electron chi connectivity index (χ0n) is 9.75. The maximum Gasteiger partial charge on any atom is 0.318 e. The van der Waals surface area contributed by atoms with E-state index < -0.39 is 11.9 Å². The summed E-state index contributed by atoms with van der Waals surface area (Å²) in [4.78, 5) is 30.9. The fourth-order valence-corrected chi connectivity index (χ4v) is 2.98. The van der Waals surface area contributed by atoms with E-state index in [1.54, 1.807) is 0 Å². The Kier molecular flexibility index (Phi) is 4.17. The van der Waals surface area contributed by atoms with Crippen molar-refractivity contribution >= 4 is 51.1 Å². The van der Waals surface area contributed by atoms with Gasteiger partial charge in [0.25, 0.3) is 0 Å². The third-order valence-corrected chi connectivity index (χ3v) is 3.81. The number of nitrogens with zero attached hydrogens (tertiary/aromatic N) is 2. The second-order valence-electron chi connectivity index (χ2n) is 3.54. The summed E-state index contributed by atoms with van der Waals surface area (Å²) in [7, 11) is 0. The van der Waals surface area contributed by atoms with Gasteiger partial charge < -0.3 is 11.5 Å². The van der Waals surface area contributed by atoms with Crippen LogP contribution in [0, 0.1) is 0 Å². The number of amides is 3. The van der Waals surface area contributed by atoms with Gasteiger partial charge in [-0.15, -0.1) is 11.3 Å². The third kappa shape index (κ3) is 3.55. The van der Waals surface area contributed by atoms with E-state index in [2.05, 4.69) is 9.97 Å². The van der Waals surface area contributed by atoms with Crippen molar-refractivity contribution < 1.29 is 9.59 Å². The molecule has 0 aliphatic heterocycles. The molecule has 7 nitrogen and oxygen atoms in total. The molecule has 5 N–H and O–H groups in total. The van der Waals surface area contributed by atoms with E-state index in [9.17, 15) is 9.59 Å². The van der Waals surface area contributed by atoms with Crippen molar-refractivity contribution in [1.82, 2.24) is 15.3 Å². The molecule has 100 valence electrons. The molecule has 19 heavy (non-hydrogen) atoms. The number of aromatic nitrogens is 2. The lowest BCUT2D eigenvalue weighted by Crippen LogP contribution is -2.35. The number of imide groups is 1. The molecule has 3 amide bonds. The van der Waals surface area contributed by atoms with Gasteiger partial charge in [-0.1, -0.05) is 11.8 Å². The van der Waals surface area contributed by atoms with Crippen LogP contribution in [0.25, 0.3) is 10.2 Å². The smallest absolute Gasteiger partial charge is 0.318 e. The number of rotatable bonds is 4. The molecule has 0 radical (unpaired) electrons. The molecule has 0 fully saturated rings. The first-order chi connectivity index (χ1) is 9.06. The van der Waals surface area contributed by atoms with Gasteiger partial charge in [0.15, 0.2) is 5.16 Å². The first-order valence-electron chi connectivity index (χ1n) is 5.29. The van der Waals surface area contributed by atoms with E-state index >= 15 is 0 Å². The van der Waals surface area contributed by atoms with Crippen LogP contribution >= 0.6 is 23.1 Å². The Morgan fingerprint density at radius 1 is 1.42 bits per heavy atom. The molecule has 0 saturated carbocycles. The number of carbonyl (C=O) groups excluding carboxylic acids is 2. The molecule has 2 rings (SSSR count). The minimum atomic E-state index is -0.851. The SMILES string of the molecule is NC(=O)NC(=O)CCSc1nc(N)c2ccsc2n1. The molecular weight excluding hydrogens is 286 g/mol. The number of primary amides is 1. The van der Waals surface area contributed by atoms with Gasteiger partial charge in [0.1, 0.15) is 10.6 Å². The minimum Gasteiger partial charge on any atom is -0.383 e. The highest BCUT2D eigenvalue weighted by Gasteiger charge is 2.08. The van der Waals surface area contributed by atoms with Crippen LogP contribution in [-0.2, 0) is 4.79 Å². The zero-order chi connectivity index (χ0) is 13.8. The standard InChI is InChI=1S/C10H11N5O2S2/c11-7-5-1-3-18-8(5)15-10(14-7)19-4-2-6(16)13-9(12)17/h1,3H,2,4H2,(H2,11,14,15)(H3,12,13,16,17). The second kappa shape index (κ2) is 5.85. The molecule has 0 atom stereocenters. The lowest BCUT2D eigenvalue weighted by atomic mass is 10.4. The van der Waals surface area contributed by atoms with Gasteiger partial charge in [-0.25, -0.2) is 14.8 Å². The number of anilines is 1. The molecule has 0 unspecified atom stereocenters. The Hall–Kier alpha value is -1.87. The molecule has 9 heteroatoms. The first kappa shape index (κ1) is 13.6. The molecule has 0 aliphatic carbocycles. The Labute approximate surface area is 116 Å². The van der Waals surface area contributed by atoms with Crippen LogP contribution in [0.2, 0.25) is 0 Å². The fourth-order valence-electron chi connectivity index (χ4n) is 1.36. The van der Waals surface area contributed by atoms with Crippen LogP contribution in [-0.4, -0.2) is 27.7 Å². The Balaban J connectivity index is 1.94. The molecule has 2 aromatic rings. The average molecular weight is 297 g/mol. The number of thiophene rings is 1. The average Bonchev–Trinajstić information content (AvgIpc) is 2.76. The molecule has 2 aromatic heterocycles. The summed E-state index contributed by atoms with van der Waals surface area (Å²) >= 11 is 2.78. The summed E-state index contributed by atoms with van der Waals surface area (Å²) in [6.07, 6.45) is 0.152. The van der Waals surface area contributed by atoms with Gasteiger partial charge in [0, 0.05) is 12.2 Å². The predicted molar refractivity (Wildman–Crippen MR) is 74.9 cm³/mol. The fraction of sp³-hybridized carbons (Fsp3) is 0.200. The van der Waals surface area contributed by atoms with E-state index in [4.69, 9.17) is 11.5 Å². The summed E-state index contributed by atoms with van der Waals surface area (Å²) in [5.41, 5.74) is 10.6. The van der Waals surface area contributed by atoms with Crippen LogP contribution in [0.1, 0.15) is 6.42 Å². The molecule has 0 spiro atoms. The van der Waals surface area contributed by atoms with Crippen LogP contribution < -0.4 is 16.8 Å². The van der Waals surface area contributed by atoms with E-state index in [1.807, 2.05) is 16.8 Å². The van der Waals surface area contributed by atoms with Crippen LogP contribution in [0.15, 0.2) is 16.6 Å². The maximum absolute atomic E-state index is 11.2. The lowest BCUT2D eigenvalue weighted by molar-refractivity contribution is -0.119. The number of hydrogen-bond donors (Lipinski definition) is 3. The van der Waals surface area contributed by atoms with Crippen molar-refractivity contribution in [1.29, 1.82) is 0 Å². The summed E-state index contributed by atoms with van der Waals surface area (Å²) in [6.45, 7) is 0. The largest absolute Gasteiger partial charge is 0.383 e. The van der Waals surface area contributed by atoms with Crippen molar-refractivity contribution in [3.05, 3.63) is 11.4 Å². The highest BCUT2D eigenvalue weighted by Crippen LogP contribution is 2.26. The molecule has 0 saturated heterocycles. The Morgan fingerprint density at radius 3 is 2.95 bits per heavy atom. The lowest BCUT2D eigenvalue weighted by Gasteiger charge is -2.02. The number of nitrogens with one attached hydrogen (secondary N) is 1. The monoisotopic (exact) mass is 297 g/mol. The van der Waals surface area contributed by atoms with Gasteiger partial charge in [-0.2, -0.15) is 0 Å². The third-order valence-electron chi connectivity index (χ3n) is 2.16. The van der Waals surface area contributed by atoms with Crippen molar-refractivity contribution in [3.8, 4) is 0 Å². The number of thioether (sulfide) groups is 1.